The lowest BCUT2D eigenvalue weighted by Gasteiger charge is -2.20. The van der Waals surface area contributed by atoms with Crippen molar-refractivity contribution in [3.05, 3.63) is 48.0 Å². The summed E-state index contributed by atoms with van der Waals surface area (Å²) in [6.07, 6.45) is 8.93. The maximum absolute atomic E-state index is 9.61. The summed E-state index contributed by atoms with van der Waals surface area (Å²) in [6, 6.07) is 11.9. The van der Waals surface area contributed by atoms with Gasteiger partial charge < -0.3 is 5.11 Å². The summed E-state index contributed by atoms with van der Waals surface area (Å²) in [5.41, 5.74) is 1.04. The van der Waals surface area contributed by atoms with Gasteiger partial charge in [-0.05, 0) is 43.1 Å². The molecule has 1 aromatic rings. The summed E-state index contributed by atoms with van der Waals surface area (Å²) < 4.78 is 0. The molecule has 1 aliphatic rings. The highest BCUT2D eigenvalue weighted by molar-refractivity contribution is 5.20. The van der Waals surface area contributed by atoms with Crippen molar-refractivity contribution in [2.24, 2.45) is 11.8 Å². The van der Waals surface area contributed by atoms with E-state index in [2.05, 4.69) is 30.5 Å². The van der Waals surface area contributed by atoms with Crippen molar-refractivity contribution in [1.82, 2.24) is 5.32 Å². The molecular weight excluding hydrogens is 272 g/mol. The smallest absolute Gasteiger partial charge is 0.0989 e. The minimum atomic E-state index is -0.169. The Hall–Kier alpha value is -1.63. The molecule has 1 aliphatic carbocycles. The van der Waals surface area contributed by atoms with Crippen molar-refractivity contribution >= 4 is 0 Å². The minimum absolute atomic E-state index is 0.0127. The summed E-state index contributed by atoms with van der Waals surface area (Å²) >= 11 is 0. The van der Waals surface area contributed by atoms with Crippen molar-refractivity contribution < 1.29 is 5.11 Å². The number of aliphatic hydroxyl groups is 1. The Morgan fingerprint density at radius 2 is 2.14 bits per heavy atom. The molecule has 1 aromatic carbocycles. The normalized spacial score (nSPS) is 23.1. The Morgan fingerprint density at radius 3 is 2.77 bits per heavy atom. The summed E-state index contributed by atoms with van der Waals surface area (Å²) in [5.74, 6) is 1.08. The lowest BCUT2D eigenvalue weighted by atomic mass is 10.0. The van der Waals surface area contributed by atoms with Crippen LogP contribution in [0, 0.1) is 23.2 Å². The average molecular weight is 298 g/mol. The summed E-state index contributed by atoms with van der Waals surface area (Å²) in [5, 5.41) is 22.4. The van der Waals surface area contributed by atoms with Crippen LogP contribution in [-0.4, -0.2) is 17.8 Å². The fourth-order valence-electron chi connectivity index (χ4n) is 3.02. The van der Waals surface area contributed by atoms with Gasteiger partial charge in [0.25, 0.3) is 0 Å². The van der Waals surface area contributed by atoms with E-state index in [1.807, 2.05) is 30.3 Å². The maximum Gasteiger partial charge on any atom is 0.0989 e. The van der Waals surface area contributed by atoms with Gasteiger partial charge in [-0.3, -0.25) is 5.32 Å². The third kappa shape index (κ3) is 4.69. The topological polar surface area (TPSA) is 56.0 Å². The summed E-state index contributed by atoms with van der Waals surface area (Å²) in [7, 11) is 0. The van der Waals surface area contributed by atoms with Crippen molar-refractivity contribution in [2.75, 3.05) is 6.61 Å². The molecule has 1 fully saturated rings. The standard InChI is InChI=1S/C19H26N2O/c1-2-3-4-6-11-16-12-17(16)18(13-20)21-19(14-22)15-9-7-5-8-10-15/h3-5,7-10,16-19,21-22H,2,6,11-12,14H2,1H3. The van der Waals surface area contributed by atoms with Crippen molar-refractivity contribution in [2.45, 2.75) is 44.7 Å². The molecule has 1 saturated carbocycles. The number of benzene rings is 1. The average Bonchev–Trinajstić information content (AvgIpc) is 3.33. The molecule has 0 bridgehead atoms. The molecule has 22 heavy (non-hydrogen) atoms. The monoisotopic (exact) mass is 298 g/mol. The Labute approximate surface area is 133 Å². The SMILES string of the molecule is CCC=CCCC1CC1C(C#N)NC(CO)c1ccccc1. The molecule has 4 atom stereocenters. The van der Waals surface area contributed by atoms with E-state index >= 15 is 0 Å². The van der Waals surface area contributed by atoms with Crippen LogP contribution in [0.1, 0.15) is 44.2 Å². The molecule has 0 spiro atoms. The van der Waals surface area contributed by atoms with Crippen LogP contribution in [0.15, 0.2) is 42.5 Å². The molecule has 0 aromatic heterocycles. The van der Waals surface area contributed by atoms with Crippen LogP contribution in [0.25, 0.3) is 0 Å². The number of hydrogen-bond acceptors (Lipinski definition) is 3. The third-order valence-corrected chi connectivity index (χ3v) is 4.42. The number of allylic oxidation sites excluding steroid dienone is 2. The molecule has 2 N–H and O–H groups in total. The van der Waals surface area contributed by atoms with Crippen molar-refractivity contribution in [3.8, 4) is 6.07 Å². The van der Waals surface area contributed by atoms with E-state index in [0.717, 1.165) is 31.2 Å². The number of rotatable bonds is 9. The van der Waals surface area contributed by atoms with Gasteiger partial charge >= 0.3 is 0 Å². The van der Waals surface area contributed by atoms with Crippen LogP contribution in [-0.2, 0) is 0 Å². The van der Waals surface area contributed by atoms with Crippen LogP contribution in [0.2, 0.25) is 0 Å². The molecule has 4 unspecified atom stereocenters. The molecule has 3 heteroatoms. The van der Waals surface area contributed by atoms with E-state index in [-0.39, 0.29) is 18.7 Å². The van der Waals surface area contributed by atoms with Gasteiger partial charge in [0.15, 0.2) is 0 Å². The zero-order valence-electron chi connectivity index (χ0n) is 13.3. The largest absolute Gasteiger partial charge is 0.394 e. The van der Waals surface area contributed by atoms with E-state index in [9.17, 15) is 10.4 Å². The Bertz CT molecular complexity index is 506. The van der Waals surface area contributed by atoms with Crippen LogP contribution < -0.4 is 5.32 Å². The zero-order chi connectivity index (χ0) is 15.8. The van der Waals surface area contributed by atoms with Gasteiger partial charge in [-0.2, -0.15) is 5.26 Å². The molecule has 118 valence electrons. The van der Waals surface area contributed by atoms with Gasteiger partial charge in [-0.1, -0.05) is 49.4 Å². The van der Waals surface area contributed by atoms with E-state index in [4.69, 9.17) is 0 Å². The van der Waals surface area contributed by atoms with Crippen molar-refractivity contribution in [3.63, 3.8) is 0 Å². The minimum Gasteiger partial charge on any atom is -0.394 e. The van der Waals surface area contributed by atoms with Crippen LogP contribution in [0.3, 0.4) is 0 Å². The molecule has 0 saturated heterocycles. The first-order valence-corrected chi connectivity index (χ1v) is 8.26. The number of aliphatic hydroxyl groups excluding tert-OH is 1. The van der Waals surface area contributed by atoms with Crippen molar-refractivity contribution in [1.29, 1.82) is 5.26 Å². The molecule has 0 radical (unpaired) electrons. The number of nitrogens with zero attached hydrogens (tertiary/aromatic N) is 1. The number of nitriles is 1. The van der Waals surface area contributed by atoms with Gasteiger partial charge in [0.1, 0.15) is 0 Å². The lowest BCUT2D eigenvalue weighted by Crippen LogP contribution is -2.35. The second kappa shape index (κ2) is 8.73. The second-order valence-electron chi connectivity index (χ2n) is 6.04. The molecule has 2 rings (SSSR count). The predicted octanol–water partition coefficient (Wildman–Crippen LogP) is 3.58. The highest BCUT2D eigenvalue weighted by Gasteiger charge is 2.42. The Balaban J connectivity index is 1.85. The first-order valence-electron chi connectivity index (χ1n) is 8.26. The third-order valence-electron chi connectivity index (χ3n) is 4.42. The lowest BCUT2D eigenvalue weighted by molar-refractivity contribution is 0.235. The first-order chi connectivity index (χ1) is 10.8. The Kier molecular flexibility index (Phi) is 6.64. The molecule has 3 nitrogen and oxygen atoms in total. The van der Waals surface area contributed by atoms with Gasteiger partial charge in [0.2, 0.25) is 0 Å². The van der Waals surface area contributed by atoms with Gasteiger partial charge in [0.05, 0.1) is 24.8 Å². The van der Waals surface area contributed by atoms with E-state index in [0.29, 0.717) is 11.8 Å². The molecule has 0 amide bonds. The maximum atomic E-state index is 9.61. The van der Waals surface area contributed by atoms with Gasteiger partial charge in [-0.15, -0.1) is 0 Å². The second-order valence-corrected chi connectivity index (χ2v) is 6.04. The fraction of sp³-hybridized carbons (Fsp3) is 0.526. The van der Waals surface area contributed by atoms with E-state index in [1.54, 1.807) is 0 Å². The van der Waals surface area contributed by atoms with E-state index < -0.39 is 0 Å². The van der Waals surface area contributed by atoms with Gasteiger partial charge in [0, 0.05) is 0 Å². The van der Waals surface area contributed by atoms with E-state index in [1.165, 1.54) is 0 Å². The first kappa shape index (κ1) is 16.7. The predicted molar refractivity (Wildman–Crippen MR) is 89.1 cm³/mol. The Morgan fingerprint density at radius 1 is 1.36 bits per heavy atom. The highest BCUT2D eigenvalue weighted by atomic mass is 16.3. The quantitative estimate of drug-likeness (QED) is 0.685. The van der Waals surface area contributed by atoms with Crippen LogP contribution in [0.4, 0.5) is 0 Å². The summed E-state index contributed by atoms with van der Waals surface area (Å²) in [6.45, 7) is 2.16. The zero-order valence-corrected chi connectivity index (χ0v) is 13.3. The molecule has 0 heterocycles. The number of hydrogen-bond donors (Lipinski definition) is 2. The molecule has 0 aliphatic heterocycles. The van der Waals surface area contributed by atoms with Crippen LogP contribution in [0.5, 0.6) is 0 Å². The highest BCUT2D eigenvalue weighted by Crippen LogP contribution is 2.44. The molecular formula is C19H26N2O. The fourth-order valence-corrected chi connectivity index (χ4v) is 3.02. The van der Waals surface area contributed by atoms with Crippen LogP contribution >= 0.6 is 0 Å². The van der Waals surface area contributed by atoms with Gasteiger partial charge in [-0.25, -0.2) is 0 Å². The summed E-state index contributed by atoms with van der Waals surface area (Å²) in [4.78, 5) is 0. The number of nitrogens with one attached hydrogen (secondary N) is 1.